The SMILES string of the molecule is CS(=O)(=O)OCC1CCCS1(=O)=O. The van der Waals surface area contributed by atoms with Crippen molar-refractivity contribution in [2.75, 3.05) is 18.6 Å². The molecule has 1 atom stereocenters. The summed E-state index contributed by atoms with van der Waals surface area (Å²) < 4.78 is 48.0. The molecule has 1 aliphatic rings. The molecular weight excluding hydrogens is 216 g/mol. The second-order valence-corrected chi connectivity index (χ2v) is 7.16. The smallest absolute Gasteiger partial charge is 0.264 e. The first-order valence-corrected chi connectivity index (χ1v) is 7.40. The van der Waals surface area contributed by atoms with Crippen LogP contribution in [0.3, 0.4) is 0 Å². The number of hydrogen-bond acceptors (Lipinski definition) is 5. The summed E-state index contributed by atoms with van der Waals surface area (Å²) in [7, 11) is -6.63. The monoisotopic (exact) mass is 228 g/mol. The van der Waals surface area contributed by atoms with Crippen molar-refractivity contribution in [1.29, 1.82) is 0 Å². The number of sulfone groups is 1. The molecular formula is C6H12O5S2. The Balaban J connectivity index is 2.57. The Morgan fingerprint density at radius 2 is 2.08 bits per heavy atom. The van der Waals surface area contributed by atoms with E-state index >= 15 is 0 Å². The Morgan fingerprint density at radius 3 is 2.46 bits per heavy atom. The van der Waals surface area contributed by atoms with E-state index in [-0.39, 0.29) is 12.4 Å². The van der Waals surface area contributed by atoms with Gasteiger partial charge in [0.2, 0.25) is 0 Å². The fourth-order valence-electron chi connectivity index (χ4n) is 1.24. The Kier molecular flexibility index (Phi) is 2.98. The highest BCUT2D eigenvalue weighted by Gasteiger charge is 2.32. The molecule has 0 N–H and O–H groups in total. The molecule has 1 aliphatic heterocycles. The van der Waals surface area contributed by atoms with Crippen molar-refractivity contribution < 1.29 is 21.0 Å². The maximum atomic E-state index is 11.2. The molecule has 5 nitrogen and oxygen atoms in total. The average molecular weight is 228 g/mol. The van der Waals surface area contributed by atoms with Crippen molar-refractivity contribution in [2.45, 2.75) is 18.1 Å². The number of hydrogen-bond donors (Lipinski definition) is 0. The van der Waals surface area contributed by atoms with Gasteiger partial charge in [-0.15, -0.1) is 0 Å². The Labute approximate surface area is 78.1 Å². The van der Waals surface area contributed by atoms with Gasteiger partial charge in [0.25, 0.3) is 10.1 Å². The normalized spacial score (nSPS) is 27.6. The van der Waals surface area contributed by atoms with Crippen LogP contribution in [0, 0.1) is 0 Å². The molecule has 0 aromatic carbocycles. The van der Waals surface area contributed by atoms with Crippen LogP contribution in [0.25, 0.3) is 0 Å². The zero-order valence-electron chi connectivity index (χ0n) is 7.26. The van der Waals surface area contributed by atoms with Crippen molar-refractivity contribution in [3.8, 4) is 0 Å². The van der Waals surface area contributed by atoms with Crippen LogP contribution in [0.15, 0.2) is 0 Å². The van der Waals surface area contributed by atoms with Gasteiger partial charge in [-0.25, -0.2) is 8.42 Å². The largest absolute Gasteiger partial charge is 0.269 e. The molecule has 0 amide bonds. The first-order chi connectivity index (χ1) is 5.81. The first kappa shape index (κ1) is 10.9. The lowest BCUT2D eigenvalue weighted by Gasteiger charge is -2.07. The lowest BCUT2D eigenvalue weighted by Crippen LogP contribution is -2.23. The molecule has 13 heavy (non-hydrogen) atoms. The van der Waals surface area contributed by atoms with Gasteiger partial charge in [0.05, 0.1) is 23.9 Å². The second-order valence-electron chi connectivity index (χ2n) is 3.12. The van der Waals surface area contributed by atoms with E-state index in [1.807, 2.05) is 0 Å². The van der Waals surface area contributed by atoms with Gasteiger partial charge in [-0.3, -0.25) is 4.18 Å². The zero-order valence-corrected chi connectivity index (χ0v) is 8.90. The van der Waals surface area contributed by atoms with E-state index in [2.05, 4.69) is 4.18 Å². The second kappa shape index (κ2) is 3.55. The predicted octanol–water partition coefficient (Wildman–Crippen LogP) is -0.460. The molecule has 1 saturated heterocycles. The van der Waals surface area contributed by atoms with E-state index in [9.17, 15) is 16.8 Å². The van der Waals surface area contributed by atoms with Crippen LogP contribution < -0.4 is 0 Å². The summed E-state index contributed by atoms with van der Waals surface area (Å²) in [6, 6.07) is 0. The molecule has 78 valence electrons. The van der Waals surface area contributed by atoms with Crippen LogP contribution >= 0.6 is 0 Å². The van der Waals surface area contributed by atoms with Gasteiger partial charge in [0.1, 0.15) is 0 Å². The maximum Gasteiger partial charge on any atom is 0.264 e. The Bertz CT molecular complexity index is 366. The molecule has 0 aromatic rings. The van der Waals surface area contributed by atoms with Gasteiger partial charge in [0.15, 0.2) is 9.84 Å². The summed E-state index contributed by atoms with van der Waals surface area (Å²) in [4.78, 5) is 0. The van der Waals surface area contributed by atoms with Crippen molar-refractivity contribution in [1.82, 2.24) is 0 Å². The predicted molar refractivity (Wildman–Crippen MR) is 47.6 cm³/mol. The lowest BCUT2D eigenvalue weighted by atomic mass is 10.3. The van der Waals surface area contributed by atoms with Crippen molar-refractivity contribution >= 4 is 20.0 Å². The average Bonchev–Trinajstić information content (AvgIpc) is 2.23. The minimum atomic E-state index is -3.53. The van der Waals surface area contributed by atoms with Crippen LogP contribution in [-0.4, -0.2) is 40.7 Å². The molecule has 0 aliphatic carbocycles. The van der Waals surface area contributed by atoms with Gasteiger partial charge >= 0.3 is 0 Å². The molecule has 0 aromatic heterocycles. The van der Waals surface area contributed by atoms with E-state index in [0.29, 0.717) is 12.8 Å². The number of rotatable bonds is 3. The third-order valence-electron chi connectivity index (χ3n) is 1.93. The Morgan fingerprint density at radius 1 is 1.46 bits per heavy atom. The summed E-state index contributed by atoms with van der Waals surface area (Å²) in [5.41, 5.74) is 0. The van der Waals surface area contributed by atoms with E-state index in [1.165, 1.54) is 0 Å². The minimum absolute atomic E-state index is 0.144. The molecule has 0 bridgehead atoms. The van der Waals surface area contributed by atoms with Crippen LogP contribution in [0.5, 0.6) is 0 Å². The molecule has 1 fully saturated rings. The fraction of sp³-hybridized carbons (Fsp3) is 1.00. The maximum absolute atomic E-state index is 11.2. The van der Waals surface area contributed by atoms with Crippen molar-refractivity contribution in [3.63, 3.8) is 0 Å². The molecule has 7 heteroatoms. The van der Waals surface area contributed by atoms with Crippen molar-refractivity contribution in [2.24, 2.45) is 0 Å². The van der Waals surface area contributed by atoms with E-state index in [0.717, 1.165) is 6.26 Å². The highest BCUT2D eigenvalue weighted by molar-refractivity contribution is 7.92. The van der Waals surface area contributed by atoms with Gasteiger partial charge in [-0.05, 0) is 12.8 Å². The summed E-state index contributed by atoms with van der Waals surface area (Å²) in [6.07, 6.45) is 2.01. The van der Waals surface area contributed by atoms with Crippen LogP contribution in [0.4, 0.5) is 0 Å². The first-order valence-electron chi connectivity index (χ1n) is 3.87. The van der Waals surface area contributed by atoms with Gasteiger partial charge in [-0.2, -0.15) is 8.42 Å². The fourth-order valence-corrected chi connectivity index (χ4v) is 3.45. The van der Waals surface area contributed by atoms with Gasteiger partial charge in [0, 0.05) is 0 Å². The van der Waals surface area contributed by atoms with E-state index < -0.39 is 25.2 Å². The molecule has 0 radical (unpaired) electrons. The minimum Gasteiger partial charge on any atom is -0.269 e. The topological polar surface area (TPSA) is 77.5 Å². The van der Waals surface area contributed by atoms with Gasteiger partial charge in [-0.1, -0.05) is 0 Å². The summed E-state index contributed by atoms with van der Waals surface area (Å²) >= 11 is 0. The summed E-state index contributed by atoms with van der Waals surface area (Å²) in [6.45, 7) is -0.235. The quantitative estimate of drug-likeness (QED) is 0.611. The van der Waals surface area contributed by atoms with Crippen LogP contribution in [0.2, 0.25) is 0 Å². The van der Waals surface area contributed by atoms with Crippen LogP contribution in [-0.2, 0) is 24.1 Å². The summed E-state index contributed by atoms with van der Waals surface area (Å²) in [5.74, 6) is 0.144. The zero-order chi connectivity index (χ0) is 10.1. The van der Waals surface area contributed by atoms with E-state index in [1.54, 1.807) is 0 Å². The molecule has 0 saturated carbocycles. The van der Waals surface area contributed by atoms with Gasteiger partial charge < -0.3 is 0 Å². The van der Waals surface area contributed by atoms with Crippen LogP contribution in [0.1, 0.15) is 12.8 Å². The molecule has 1 heterocycles. The molecule has 0 spiro atoms. The highest BCUT2D eigenvalue weighted by Crippen LogP contribution is 2.20. The van der Waals surface area contributed by atoms with Crippen molar-refractivity contribution in [3.05, 3.63) is 0 Å². The molecule has 1 unspecified atom stereocenters. The van der Waals surface area contributed by atoms with E-state index in [4.69, 9.17) is 0 Å². The lowest BCUT2D eigenvalue weighted by molar-refractivity contribution is 0.316. The molecule has 1 rings (SSSR count). The highest BCUT2D eigenvalue weighted by atomic mass is 32.2. The third kappa shape index (κ3) is 3.24. The standard InChI is InChI=1S/C6H12O5S2/c1-12(7,8)11-5-6-3-2-4-13(6,9)10/h6H,2-5H2,1H3. The summed E-state index contributed by atoms with van der Waals surface area (Å²) in [5, 5.41) is -0.637. The third-order valence-corrected chi connectivity index (χ3v) is 4.74. The Hall–Kier alpha value is -0.140.